The number of aromatic nitrogens is 4. The van der Waals surface area contributed by atoms with Gasteiger partial charge in [-0.3, -0.25) is 0 Å². The molecule has 2 rings (SSSR count). The topological polar surface area (TPSA) is 88.4 Å². The number of hydrogen-bond donors (Lipinski definition) is 0. The minimum absolute atomic E-state index is 0.293. The van der Waals surface area contributed by atoms with Gasteiger partial charge in [-0.15, -0.1) is 5.10 Å². The molecule has 0 aliphatic rings. The largest absolute Gasteiger partial charge is 0.464 e. The van der Waals surface area contributed by atoms with Gasteiger partial charge in [-0.1, -0.05) is 5.21 Å². The molecule has 2 aromatic heterocycles. The highest BCUT2D eigenvalue weighted by Gasteiger charge is 2.13. The molecule has 0 atom stereocenters. The van der Waals surface area contributed by atoms with Crippen LogP contribution in [0.5, 0.6) is 0 Å². The summed E-state index contributed by atoms with van der Waals surface area (Å²) in [4.78, 5) is 15.6. The molecule has 0 N–H and O–H groups in total. The van der Waals surface area contributed by atoms with E-state index in [-0.39, 0.29) is 0 Å². The van der Waals surface area contributed by atoms with Gasteiger partial charge in [0.25, 0.3) is 0 Å². The molecule has 118 valence electrons. The van der Waals surface area contributed by atoms with Gasteiger partial charge in [0.15, 0.2) is 5.69 Å². The van der Waals surface area contributed by atoms with Crippen molar-refractivity contribution in [3.8, 4) is 11.3 Å². The summed E-state index contributed by atoms with van der Waals surface area (Å²) in [6, 6.07) is 1.82. The third kappa shape index (κ3) is 3.86. The average molecular weight is 306 g/mol. The summed E-state index contributed by atoms with van der Waals surface area (Å²) in [7, 11) is 2.94. The smallest absolute Gasteiger partial charge is 0.356 e. The highest BCUT2D eigenvalue weighted by molar-refractivity contribution is 5.89. The van der Waals surface area contributed by atoms with Crippen LogP contribution in [0.4, 0.5) is 0 Å². The van der Waals surface area contributed by atoms with Crippen LogP contribution in [0, 0.1) is 6.92 Å². The first-order chi connectivity index (χ1) is 10.7. The van der Waals surface area contributed by atoms with Crippen molar-refractivity contribution in [3.05, 3.63) is 29.7 Å². The molecule has 0 saturated carbocycles. The summed E-state index contributed by atoms with van der Waals surface area (Å²) in [5.41, 5.74) is 2.44. The second-order valence-corrected chi connectivity index (χ2v) is 4.55. The van der Waals surface area contributed by atoms with E-state index in [1.807, 2.05) is 6.07 Å². The zero-order valence-electron chi connectivity index (χ0n) is 12.8. The molecular weight excluding hydrogens is 288 g/mol. The van der Waals surface area contributed by atoms with Crippen molar-refractivity contribution in [3.63, 3.8) is 0 Å². The van der Waals surface area contributed by atoms with Gasteiger partial charge in [-0.2, -0.15) is 0 Å². The molecule has 0 spiro atoms. The zero-order valence-corrected chi connectivity index (χ0v) is 12.8. The summed E-state index contributed by atoms with van der Waals surface area (Å²) in [6.45, 7) is 3.10. The number of carbonyl (C=O) groups is 1. The minimum Gasteiger partial charge on any atom is -0.464 e. The van der Waals surface area contributed by atoms with Crippen molar-refractivity contribution < 1.29 is 19.0 Å². The zero-order chi connectivity index (χ0) is 15.9. The summed E-state index contributed by atoms with van der Waals surface area (Å²) in [5.74, 6) is -0.459. The number of rotatable bonds is 7. The van der Waals surface area contributed by atoms with Crippen molar-refractivity contribution >= 4 is 5.97 Å². The predicted octanol–water partition coefficient (Wildman–Crippen LogP) is 1.06. The van der Waals surface area contributed by atoms with Gasteiger partial charge in [0.2, 0.25) is 0 Å². The number of hydrogen-bond acceptors (Lipinski definition) is 7. The fraction of sp³-hybridized carbons (Fsp3) is 0.429. The van der Waals surface area contributed by atoms with Crippen molar-refractivity contribution in [2.45, 2.75) is 13.7 Å². The molecule has 2 heterocycles. The van der Waals surface area contributed by atoms with Crippen LogP contribution >= 0.6 is 0 Å². The lowest BCUT2D eigenvalue weighted by Gasteiger charge is -2.04. The van der Waals surface area contributed by atoms with Gasteiger partial charge in [0, 0.05) is 18.9 Å². The van der Waals surface area contributed by atoms with E-state index in [0.29, 0.717) is 31.3 Å². The van der Waals surface area contributed by atoms with Crippen molar-refractivity contribution in [1.82, 2.24) is 20.0 Å². The maximum atomic E-state index is 11.5. The molecule has 0 aliphatic carbocycles. The Morgan fingerprint density at radius 2 is 2.14 bits per heavy atom. The molecule has 0 unspecified atom stereocenters. The average Bonchev–Trinajstić information content (AvgIpc) is 2.99. The van der Waals surface area contributed by atoms with Crippen LogP contribution in [0.1, 0.15) is 16.1 Å². The third-order valence-electron chi connectivity index (χ3n) is 2.95. The molecule has 8 nitrogen and oxygen atoms in total. The summed E-state index contributed by atoms with van der Waals surface area (Å²) in [5, 5.41) is 8.04. The highest BCUT2D eigenvalue weighted by atomic mass is 16.5. The summed E-state index contributed by atoms with van der Waals surface area (Å²) in [6.07, 6.45) is 3.32. The number of esters is 1. The van der Waals surface area contributed by atoms with E-state index in [2.05, 4.69) is 20.0 Å². The third-order valence-corrected chi connectivity index (χ3v) is 2.95. The van der Waals surface area contributed by atoms with E-state index in [9.17, 15) is 4.79 Å². The quantitative estimate of drug-likeness (QED) is 0.558. The standard InChI is InChI=1S/C14H18N4O4/c1-10-6-11(7-15-13(10)14(19)21-3)12-8-18(17-16-12)9-22-5-4-20-2/h6-8H,4-5,9H2,1-3H3. The lowest BCUT2D eigenvalue weighted by Crippen LogP contribution is -2.07. The van der Waals surface area contributed by atoms with Gasteiger partial charge < -0.3 is 14.2 Å². The fourth-order valence-corrected chi connectivity index (χ4v) is 1.82. The Bertz CT molecular complexity index is 642. The molecule has 0 bridgehead atoms. The van der Waals surface area contributed by atoms with Crippen LogP contribution in [0.3, 0.4) is 0 Å². The Morgan fingerprint density at radius 3 is 2.82 bits per heavy atom. The maximum Gasteiger partial charge on any atom is 0.356 e. The van der Waals surface area contributed by atoms with Crippen LogP contribution < -0.4 is 0 Å². The molecule has 2 aromatic rings. The first-order valence-corrected chi connectivity index (χ1v) is 6.68. The van der Waals surface area contributed by atoms with E-state index in [4.69, 9.17) is 9.47 Å². The molecule has 0 radical (unpaired) electrons. The van der Waals surface area contributed by atoms with Gasteiger partial charge in [-0.05, 0) is 18.6 Å². The Balaban J connectivity index is 2.07. The van der Waals surface area contributed by atoms with E-state index in [1.54, 1.807) is 31.1 Å². The Labute approximate surface area is 128 Å². The molecule has 0 aliphatic heterocycles. The van der Waals surface area contributed by atoms with E-state index >= 15 is 0 Å². The first-order valence-electron chi connectivity index (χ1n) is 6.68. The second-order valence-electron chi connectivity index (χ2n) is 4.55. The predicted molar refractivity (Wildman–Crippen MR) is 77.2 cm³/mol. The van der Waals surface area contributed by atoms with Crippen LogP contribution in [0.2, 0.25) is 0 Å². The van der Waals surface area contributed by atoms with Crippen LogP contribution in [-0.2, 0) is 20.9 Å². The summed E-state index contributed by atoms with van der Waals surface area (Å²) >= 11 is 0. The minimum atomic E-state index is -0.459. The Kier molecular flexibility index (Phi) is 5.56. The van der Waals surface area contributed by atoms with E-state index < -0.39 is 5.97 Å². The normalized spacial score (nSPS) is 10.7. The number of aryl methyl sites for hydroxylation is 1. The number of pyridine rings is 1. The summed E-state index contributed by atoms with van der Waals surface area (Å²) < 4.78 is 16.5. The molecule has 22 heavy (non-hydrogen) atoms. The van der Waals surface area contributed by atoms with Crippen LogP contribution in [0.25, 0.3) is 11.3 Å². The molecule has 0 saturated heterocycles. The maximum absolute atomic E-state index is 11.5. The van der Waals surface area contributed by atoms with Crippen LogP contribution in [0.15, 0.2) is 18.5 Å². The fourth-order valence-electron chi connectivity index (χ4n) is 1.82. The van der Waals surface area contributed by atoms with Crippen LogP contribution in [-0.4, -0.2) is 53.4 Å². The van der Waals surface area contributed by atoms with Gasteiger partial charge >= 0.3 is 5.97 Å². The molecular formula is C14H18N4O4. The monoisotopic (exact) mass is 306 g/mol. The number of nitrogens with zero attached hydrogens (tertiary/aromatic N) is 4. The first kappa shape index (κ1) is 16.1. The second kappa shape index (κ2) is 7.62. The molecule has 0 amide bonds. The highest BCUT2D eigenvalue weighted by Crippen LogP contribution is 2.18. The van der Waals surface area contributed by atoms with E-state index in [1.165, 1.54) is 7.11 Å². The molecule has 0 aromatic carbocycles. The van der Waals surface area contributed by atoms with Crippen molar-refractivity contribution in [2.24, 2.45) is 0 Å². The number of carbonyl (C=O) groups excluding carboxylic acids is 1. The molecule has 8 heteroatoms. The van der Waals surface area contributed by atoms with Crippen molar-refractivity contribution in [2.75, 3.05) is 27.4 Å². The Morgan fingerprint density at radius 1 is 1.32 bits per heavy atom. The molecule has 0 fully saturated rings. The van der Waals surface area contributed by atoms with E-state index in [0.717, 1.165) is 11.1 Å². The van der Waals surface area contributed by atoms with Gasteiger partial charge in [0.05, 0.1) is 26.5 Å². The number of ether oxygens (including phenoxy) is 3. The lowest BCUT2D eigenvalue weighted by molar-refractivity contribution is 0.0281. The lowest BCUT2D eigenvalue weighted by atomic mass is 10.1. The van der Waals surface area contributed by atoms with Crippen molar-refractivity contribution in [1.29, 1.82) is 0 Å². The number of methoxy groups -OCH3 is 2. The SMILES string of the molecule is COCCOCn1cc(-c2cnc(C(=O)OC)c(C)c2)nn1. The van der Waals surface area contributed by atoms with Gasteiger partial charge in [0.1, 0.15) is 12.4 Å². The Hall–Kier alpha value is -2.32. The van der Waals surface area contributed by atoms with Gasteiger partial charge in [-0.25, -0.2) is 14.5 Å².